The number of hydrogen-bond acceptors (Lipinski definition) is 3. The van der Waals surface area contributed by atoms with Crippen LogP contribution in [0.1, 0.15) is 19.3 Å². The number of nitrogens with zero attached hydrogens (tertiary/aromatic N) is 2. The van der Waals surface area contributed by atoms with Gasteiger partial charge in [-0.15, -0.1) is 0 Å². The van der Waals surface area contributed by atoms with Crippen LogP contribution in [0.5, 0.6) is 0 Å². The third-order valence-electron chi connectivity index (χ3n) is 5.36. The molecule has 1 amide bonds. The van der Waals surface area contributed by atoms with Gasteiger partial charge in [0.05, 0.1) is 18.4 Å². The Kier molecular flexibility index (Phi) is 2.16. The van der Waals surface area contributed by atoms with Crippen molar-refractivity contribution < 1.29 is 13.6 Å². The maximum atomic E-state index is 13.7. The van der Waals surface area contributed by atoms with Crippen molar-refractivity contribution in [3.63, 3.8) is 0 Å². The lowest BCUT2D eigenvalue weighted by Gasteiger charge is -2.25. The van der Waals surface area contributed by atoms with Gasteiger partial charge >= 0.3 is 0 Å². The largest absolute Gasteiger partial charge is 0.459 e. The average molecular weight is 286 g/mol. The number of fused-ring (bicyclic) bond motifs is 6. The molecule has 5 heteroatoms. The molecule has 1 aromatic carbocycles. The summed E-state index contributed by atoms with van der Waals surface area (Å²) in [6.07, 6.45) is 5.02. The van der Waals surface area contributed by atoms with Crippen LogP contribution in [-0.2, 0) is 4.79 Å². The molecule has 2 bridgehead atoms. The van der Waals surface area contributed by atoms with E-state index in [4.69, 9.17) is 4.42 Å². The molecule has 0 N–H and O–H groups in total. The molecule has 1 saturated carbocycles. The first kappa shape index (κ1) is 11.7. The number of amides is 1. The topological polar surface area (TPSA) is 36.7 Å². The fourth-order valence-electron chi connectivity index (χ4n) is 4.43. The lowest BCUT2D eigenvalue weighted by atomic mass is 9.99. The van der Waals surface area contributed by atoms with E-state index in [0.717, 1.165) is 12.8 Å². The van der Waals surface area contributed by atoms with Crippen molar-refractivity contribution in [2.75, 3.05) is 11.6 Å². The van der Waals surface area contributed by atoms with Gasteiger partial charge in [0.1, 0.15) is 6.26 Å². The summed E-state index contributed by atoms with van der Waals surface area (Å²) in [6.45, 7) is 0.607. The number of halogens is 1. The highest BCUT2D eigenvalue weighted by atomic mass is 19.1. The molecule has 2 aromatic rings. The van der Waals surface area contributed by atoms with Crippen molar-refractivity contribution in [3.8, 4) is 0 Å². The van der Waals surface area contributed by atoms with E-state index in [2.05, 4.69) is 4.90 Å². The van der Waals surface area contributed by atoms with Crippen molar-refractivity contribution in [2.45, 2.75) is 31.3 Å². The van der Waals surface area contributed by atoms with Crippen LogP contribution in [0.3, 0.4) is 0 Å². The fraction of sp³-hybridized carbons (Fsp3) is 0.438. The molecule has 1 aromatic heterocycles. The SMILES string of the molecule is O=C1[C@@H]2C3CCC(C3)N2CN1c1coc2c(F)cccc12. The number of para-hydroxylation sites is 1. The van der Waals surface area contributed by atoms with Gasteiger partial charge in [-0.25, -0.2) is 4.39 Å². The van der Waals surface area contributed by atoms with Crippen LogP contribution >= 0.6 is 0 Å². The van der Waals surface area contributed by atoms with E-state index in [9.17, 15) is 9.18 Å². The van der Waals surface area contributed by atoms with Gasteiger partial charge < -0.3 is 4.42 Å². The summed E-state index contributed by atoms with van der Waals surface area (Å²) in [7, 11) is 0. The van der Waals surface area contributed by atoms with Crippen molar-refractivity contribution in [1.29, 1.82) is 0 Å². The molecule has 2 aliphatic heterocycles. The number of anilines is 1. The Labute approximate surface area is 121 Å². The first-order chi connectivity index (χ1) is 10.2. The highest BCUT2D eigenvalue weighted by molar-refractivity contribution is 6.06. The van der Waals surface area contributed by atoms with Gasteiger partial charge in [-0.2, -0.15) is 0 Å². The van der Waals surface area contributed by atoms with Gasteiger partial charge in [0.25, 0.3) is 0 Å². The lowest BCUT2D eigenvalue weighted by Crippen LogP contribution is -2.38. The second-order valence-electron chi connectivity index (χ2n) is 6.33. The first-order valence-corrected chi connectivity index (χ1v) is 7.47. The number of piperidine rings is 1. The molecule has 5 rings (SSSR count). The van der Waals surface area contributed by atoms with Crippen molar-refractivity contribution >= 4 is 22.6 Å². The summed E-state index contributed by atoms with van der Waals surface area (Å²) >= 11 is 0. The first-order valence-electron chi connectivity index (χ1n) is 7.47. The predicted octanol–water partition coefficient (Wildman–Crippen LogP) is 2.73. The summed E-state index contributed by atoms with van der Waals surface area (Å²) in [5.74, 6) is 0.266. The summed E-state index contributed by atoms with van der Waals surface area (Å²) in [5, 5.41) is 0.678. The average Bonchev–Trinajstić information content (AvgIpc) is 3.20. The Balaban J connectivity index is 1.59. The molecule has 3 heterocycles. The van der Waals surface area contributed by atoms with E-state index in [-0.39, 0.29) is 23.3 Å². The number of benzene rings is 1. The molecular weight excluding hydrogens is 271 g/mol. The van der Waals surface area contributed by atoms with Crippen LogP contribution in [0, 0.1) is 11.7 Å². The second-order valence-corrected chi connectivity index (χ2v) is 6.33. The highest BCUT2D eigenvalue weighted by Crippen LogP contribution is 2.47. The predicted molar refractivity (Wildman–Crippen MR) is 75.3 cm³/mol. The monoisotopic (exact) mass is 286 g/mol. The molecule has 1 aliphatic carbocycles. The van der Waals surface area contributed by atoms with E-state index in [1.807, 2.05) is 6.07 Å². The van der Waals surface area contributed by atoms with E-state index < -0.39 is 0 Å². The molecule has 4 nitrogen and oxygen atoms in total. The van der Waals surface area contributed by atoms with Crippen molar-refractivity contribution in [2.24, 2.45) is 5.92 Å². The summed E-state index contributed by atoms with van der Waals surface area (Å²) in [5.41, 5.74) is 0.929. The van der Waals surface area contributed by atoms with E-state index in [1.54, 1.807) is 11.0 Å². The smallest absolute Gasteiger partial charge is 0.245 e. The van der Waals surface area contributed by atoms with E-state index >= 15 is 0 Å². The van der Waals surface area contributed by atoms with Gasteiger partial charge in [0.2, 0.25) is 5.91 Å². The number of carbonyl (C=O) groups is 1. The number of carbonyl (C=O) groups excluding carboxylic acids is 1. The van der Waals surface area contributed by atoms with Crippen LogP contribution in [0.4, 0.5) is 10.1 Å². The second kappa shape index (κ2) is 3.85. The van der Waals surface area contributed by atoms with Gasteiger partial charge in [0.15, 0.2) is 11.4 Å². The standard InChI is InChI=1S/C16H15FN2O2/c17-12-3-1-2-11-13(7-21-15(11)12)19-8-18-10-5-4-9(6-10)14(18)16(19)20/h1-3,7,9-10,14H,4-6,8H2/t9?,10?,14-/m0/s1. The summed E-state index contributed by atoms with van der Waals surface area (Å²) in [6, 6.07) is 5.41. The highest BCUT2D eigenvalue weighted by Gasteiger charge is 2.55. The Hall–Kier alpha value is -1.88. The minimum Gasteiger partial charge on any atom is -0.459 e. The van der Waals surface area contributed by atoms with Crippen LogP contribution in [0.15, 0.2) is 28.9 Å². The Morgan fingerprint density at radius 2 is 2.19 bits per heavy atom. The van der Waals surface area contributed by atoms with Crippen LogP contribution in [-0.4, -0.2) is 29.6 Å². The van der Waals surface area contributed by atoms with E-state index in [0.29, 0.717) is 29.7 Å². The van der Waals surface area contributed by atoms with E-state index in [1.165, 1.54) is 18.8 Å². The zero-order valence-electron chi connectivity index (χ0n) is 11.5. The number of furan rings is 1. The molecule has 3 aliphatic rings. The maximum Gasteiger partial charge on any atom is 0.245 e. The normalized spacial score (nSPS) is 31.6. The molecular formula is C16H15FN2O2. The van der Waals surface area contributed by atoms with Gasteiger partial charge in [0, 0.05) is 11.4 Å². The Morgan fingerprint density at radius 3 is 3.05 bits per heavy atom. The maximum absolute atomic E-state index is 13.7. The third kappa shape index (κ3) is 1.39. The number of rotatable bonds is 1. The zero-order valence-corrected chi connectivity index (χ0v) is 11.5. The number of hydrogen-bond donors (Lipinski definition) is 0. The molecule has 21 heavy (non-hydrogen) atoms. The Morgan fingerprint density at radius 1 is 1.29 bits per heavy atom. The van der Waals surface area contributed by atoms with Gasteiger partial charge in [-0.05, 0) is 37.3 Å². The molecule has 0 radical (unpaired) electrons. The summed E-state index contributed by atoms with van der Waals surface area (Å²) < 4.78 is 19.1. The lowest BCUT2D eigenvalue weighted by molar-refractivity contribution is -0.120. The van der Waals surface area contributed by atoms with Crippen LogP contribution in [0.2, 0.25) is 0 Å². The fourth-order valence-corrected chi connectivity index (χ4v) is 4.43. The zero-order chi connectivity index (χ0) is 14.1. The van der Waals surface area contributed by atoms with Crippen molar-refractivity contribution in [3.05, 3.63) is 30.3 Å². The molecule has 3 atom stereocenters. The quantitative estimate of drug-likeness (QED) is 0.809. The van der Waals surface area contributed by atoms with Gasteiger partial charge in [-0.3, -0.25) is 14.6 Å². The third-order valence-corrected chi connectivity index (χ3v) is 5.36. The minimum atomic E-state index is -0.383. The Bertz CT molecular complexity index is 756. The summed E-state index contributed by atoms with van der Waals surface area (Å²) in [4.78, 5) is 16.8. The minimum absolute atomic E-state index is 0.0299. The van der Waals surface area contributed by atoms with Gasteiger partial charge in [-0.1, -0.05) is 6.07 Å². The molecule has 2 unspecified atom stereocenters. The molecule has 2 saturated heterocycles. The van der Waals surface area contributed by atoms with Crippen LogP contribution in [0.25, 0.3) is 11.0 Å². The van der Waals surface area contributed by atoms with Crippen molar-refractivity contribution in [1.82, 2.24) is 4.90 Å². The van der Waals surface area contributed by atoms with Crippen LogP contribution < -0.4 is 4.90 Å². The molecule has 0 spiro atoms. The molecule has 108 valence electrons. The molecule has 3 fully saturated rings.